The second-order valence-electron chi connectivity index (χ2n) is 2.55. The third-order valence-corrected chi connectivity index (χ3v) is 1.44. The molecule has 1 rings (SSSR count). The highest BCUT2D eigenvalue weighted by molar-refractivity contribution is 5.77. The van der Waals surface area contributed by atoms with Crippen LogP contribution in [0.25, 0.3) is 0 Å². The van der Waals surface area contributed by atoms with Crippen LogP contribution in [0.15, 0.2) is 6.20 Å². The van der Waals surface area contributed by atoms with Gasteiger partial charge in [-0.3, -0.25) is 4.79 Å². The zero-order valence-electron chi connectivity index (χ0n) is 6.90. The fourth-order valence-corrected chi connectivity index (χ4v) is 0.954. The number of aromatic nitrogens is 3. The van der Waals surface area contributed by atoms with Gasteiger partial charge in [-0.2, -0.15) is 0 Å². The van der Waals surface area contributed by atoms with Gasteiger partial charge >= 0.3 is 0 Å². The Morgan fingerprint density at radius 2 is 2.50 bits per heavy atom. The van der Waals surface area contributed by atoms with Crippen molar-refractivity contribution in [2.75, 3.05) is 6.61 Å². The molecule has 66 valence electrons. The van der Waals surface area contributed by atoms with Crippen LogP contribution >= 0.6 is 0 Å². The quantitative estimate of drug-likeness (QED) is 0.653. The average molecular weight is 169 g/mol. The van der Waals surface area contributed by atoms with Crippen molar-refractivity contribution in [3.8, 4) is 0 Å². The molecule has 12 heavy (non-hydrogen) atoms. The lowest BCUT2D eigenvalue weighted by atomic mass is 10.2. The molecular formula is C7H11N3O2. The van der Waals surface area contributed by atoms with Crippen LogP contribution in [0.1, 0.15) is 12.6 Å². The highest BCUT2D eigenvalue weighted by Crippen LogP contribution is 1.97. The summed E-state index contributed by atoms with van der Waals surface area (Å²) in [5.41, 5.74) is 0.747. The van der Waals surface area contributed by atoms with Gasteiger partial charge in [0.15, 0.2) is 0 Å². The Morgan fingerprint density at radius 1 is 1.75 bits per heavy atom. The molecule has 1 aromatic heterocycles. The Balaban J connectivity index is 2.69. The zero-order valence-corrected chi connectivity index (χ0v) is 6.90. The molecule has 0 aliphatic heterocycles. The van der Waals surface area contributed by atoms with Gasteiger partial charge in [0.2, 0.25) is 0 Å². The Hall–Kier alpha value is -1.23. The first-order chi connectivity index (χ1) is 5.74. The van der Waals surface area contributed by atoms with Gasteiger partial charge in [-0.05, 0) is 6.92 Å². The fourth-order valence-electron chi connectivity index (χ4n) is 0.954. The van der Waals surface area contributed by atoms with Gasteiger partial charge in [0.1, 0.15) is 5.78 Å². The van der Waals surface area contributed by atoms with E-state index in [9.17, 15) is 4.79 Å². The molecule has 0 spiro atoms. The molecule has 5 heteroatoms. The van der Waals surface area contributed by atoms with E-state index < -0.39 is 0 Å². The van der Waals surface area contributed by atoms with E-state index in [2.05, 4.69) is 10.3 Å². The highest BCUT2D eigenvalue weighted by atomic mass is 16.3. The van der Waals surface area contributed by atoms with Gasteiger partial charge in [0, 0.05) is 6.42 Å². The van der Waals surface area contributed by atoms with Gasteiger partial charge < -0.3 is 5.11 Å². The van der Waals surface area contributed by atoms with Crippen LogP contribution in [0.2, 0.25) is 0 Å². The second-order valence-corrected chi connectivity index (χ2v) is 2.55. The molecular weight excluding hydrogens is 158 g/mol. The van der Waals surface area contributed by atoms with Crippen molar-refractivity contribution in [1.82, 2.24) is 15.0 Å². The van der Waals surface area contributed by atoms with Crippen molar-refractivity contribution in [1.29, 1.82) is 0 Å². The molecule has 0 bridgehead atoms. The molecule has 1 heterocycles. The van der Waals surface area contributed by atoms with Gasteiger partial charge in [0.05, 0.1) is 25.0 Å². The van der Waals surface area contributed by atoms with Crippen LogP contribution in [0.4, 0.5) is 0 Å². The summed E-state index contributed by atoms with van der Waals surface area (Å²) in [4.78, 5) is 10.7. The maximum absolute atomic E-state index is 10.7. The summed E-state index contributed by atoms with van der Waals surface area (Å²) in [6, 6.07) is 0. The SMILES string of the molecule is CC(=O)Cc1cnnn1CCO. The van der Waals surface area contributed by atoms with E-state index in [-0.39, 0.29) is 12.4 Å². The van der Waals surface area contributed by atoms with Gasteiger partial charge in [0.25, 0.3) is 0 Å². The second kappa shape index (κ2) is 3.96. The molecule has 0 aromatic carbocycles. The first kappa shape index (κ1) is 8.86. The van der Waals surface area contributed by atoms with Gasteiger partial charge in [-0.25, -0.2) is 4.68 Å². The lowest BCUT2D eigenvalue weighted by molar-refractivity contribution is -0.116. The van der Waals surface area contributed by atoms with E-state index in [1.165, 1.54) is 17.8 Å². The zero-order chi connectivity index (χ0) is 8.97. The van der Waals surface area contributed by atoms with Crippen molar-refractivity contribution in [2.24, 2.45) is 0 Å². The number of rotatable bonds is 4. The minimum atomic E-state index is 0.00820. The number of hydrogen-bond donors (Lipinski definition) is 1. The molecule has 0 atom stereocenters. The number of aliphatic hydroxyl groups is 1. The number of carbonyl (C=O) groups excluding carboxylic acids is 1. The predicted octanol–water partition coefficient (Wildman–Crippen LogP) is -0.598. The van der Waals surface area contributed by atoms with Crippen LogP contribution in [-0.4, -0.2) is 32.5 Å². The van der Waals surface area contributed by atoms with Gasteiger partial charge in [-0.1, -0.05) is 5.21 Å². The maximum atomic E-state index is 10.7. The molecule has 0 unspecified atom stereocenters. The van der Waals surface area contributed by atoms with Crippen LogP contribution in [0.5, 0.6) is 0 Å². The van der Waals surface area contributed by atoms with Crippen LogP contribution in [-0.2, 0) is 17.8 Å². The first-order valence-electron chi connectivity index (χ1n) is 3.71. The van der Waals surface area contributed by atoms with Crippen LogP contribution in [0.3, 0.4) is 0 Å². The molecule has 0 saturated carbocycles. The summed E-state index contributed by atoms with van der Waals surface area (Å²) in [5, 5.41) is 16.0. The summed E-state index contributed by atoms with van der Waals surface area (Å²) < 4.78 is 1.53. The molecule has 5 nitrogen and oxygen atoms in total. The third-order valence-electron chi connectivity index (χ3n) is 1.44. The topological polar surface area (TPSA) is 68.0 Å². The number of aliphatic hydroxyl groups excluding tert-OH is 1. The number of Topliss-reactive ketones (excluding diaryl/α,β-unsaturated/α-hetero) is 1. The standard InChI is InChI=1S/C7H11N3O2/c1-6(12)4-7-5-8-9-10(7)2-3-11/h5,11H,2-4H2,1H3. The minimum Gasteiger partial charge on any atom is -0.394 e. The number of hydrogen-bond acceptors (Lipinski definition) is 4. The monoisotopic (exact) mass is 169 g/mol. The minimum absolute atomic E-state index is 0.00820. The molecule has 1 N–H and O–H groups in total. The fraction of sp³-hybridized carbons (Fsp3) is 0.571. The smallest absolute Gasteiger partial charge is 0.135 e. The Labute approximate surface area is 70.0 Å². The summed E-state index contributed by atoms with van der Waals surface area (Å²) in [6.07, 6.45) is 1.87. The molecule has 0 aliphatic carbocycles. The van der Waals surface area contributed by atoms with E-state index in [0.29, 0.717) is 13.0 Å². The molecule has 0 amide bonds. The Morgan fingerprint density at radius 3 is 3.08 bits per heavy atom. The Kier molecular flexibility index (Phi) is 2.93. The average Bonchev–Trinajstić information content (AvgIpc) is 2.37. The van der Waals surface area contributed by atoms with E-state index in [1.807, 2.05) is 0 Å². The van der Waals surface area contributed by atoms with Crippen LogP contribution in [0, 0.1) is 0 Å². The lowest BCUT2D eigenvalue weighted by Crippen LogP contribution is -2.10. The van der Waals surface area contributed by atoms with E-state index in [1.54, 1.807) is 0 Å². The predicted molar refractivity (Wildman–Crippen MR) is 41.5 cm³/mol. The maximum Gasteiger partial charge on any atom is 0.135 e. The number of carbonyl (C=O) groups is 1. The van der Waals surface area contributed by atoms with Crippen molar-refractivity contribution in [3.05, 3.63) is 11.9 Å². The van der Waals surface area contributed by atoms with Crippen molar-refractivity contribution >= 4 is 5.78 Å². The summed E-state index contributed by atoms with van der Waals surface area (Å²) in [5.74, 6) is 0.0662. The number of nitrogens with zero attached hydrogens (tertiary/aromatic N) is 3. The number of ketones is 1. The van der Waals surface area contributed by atoms with Crippen molar-refractivity contribution in [3.63, 3.8) is 0 Å². The Bertz CT molecular complexity index is 269. The highest BCUT2D eigenvalue weighted by Gasteiger charge is 2.04. The summed E-state index contributed by atoms with van der Waals surface area (Å²) >= 11 is 0. The molecule has 0 saturated heterocycles. The molecule has 0 radical (unpaired) electrons. The molecule has 0 aliphatic rings. The lowest BCUT2D eigenvalue weighted by Gasteiger charge is -2.00. The molecule has 1 aromatic rings. The summed E-state index contributed by atoms with van der Waals surface area (Å²) in [7, 11) is 0. The van der Waals surface area contributed by atoms with E-state index in [0.717, 1.165) is 5.69 Å². The van der Waals surface area contributed by atoms with Crippen molar-refractivity contribution in [2.45, 2.75) is 19.9 Å². The third kappa shape index (κ3) is 2.13. The summed E-state index contributed by atoms with van der Waals surface area (Å²) in [6.45, 7) is 1.91. The normalized spacial score (nSPS) is 10.2. The van der Waals surface area contributed by atoms with Crippen LogP contribution < -0.4 is 0 Å². The molecule has 0 fully saturated rings. The van der Waals surface area contributed by atoms with Crippen molar-refractivity contribution < 1.29 is 9.90 Å². The first-order valence-corrected chi connectivity index (χ1v) is 3.71. The van der Waals surface area contributed by atoms with E-state index in [4.69, 9.17) is 5.11 Å². The van der Waals surface area contributed by atoms with Gasteiger partial charge in [-0.15, -0.1) is 5.10 Å². The van der Waals surface area contributed by atoms with E-state index >= 15 is 0 Å². The largest absolute Gasteiger partial charge is 0.394 e.